The van der Waals surface area contributed by atoms with Crippen LogP contribution < -0.4 is 16.2 Å². The Bertz CT molecular complexity index is 633. The topological polar surface area (TPSA) is 78.3 Å². The zero-order valence-electron chi connectivity index (χ0n) is 11.0. The van der Waals surface area contributed by atoms with Crippen molar-refractivity contribution in [3.63, 3.8) is 0 Å². The predicted octanol–water partition coefficient (Wildman–Crippen LogP) is 3.02. The molecule has 2 aromatic carbocycles. The van der Waals surface area contributed by atoms with E-state index in [9.17, 15) is 4.79 Å². The van der Waals surface area contributed by atoms with Crippen LogP contribution in [0.15, 0.2) is 40.9 Å². The molecule has 0 bridgehead atoms. The fraction of sp³-hybridized carbons (Fsp3) is 0.133. The van der Waals surface area contributed by atoms with Gasteiger partial charge in [-0.15, -0.1) is 0 Å². The lowest BCUT2D eigenvalue weighted by Crippen LogP contribution is -2.14. The summed E-state index contributed by atoms with van der Waals surface area (Å²) in [7, 11) is 0. The van der Waals surface area contributed by atoms with E-state index in [-0.39, 0.29) is 6.61 Å². The summed E-state index contributed by atoms with van der Waals surface area (Å²) in [6.45, 7) is 2.15. The quantitative estimate of drug-likeness (QED) is 0.843. The molecule has 0 aliphatic rings. The number of benzene rings is 2. The monoisotopic (exact) mass is 334 g/mol. The van der Waals surface area contributed by atoms with Crippen molar-refractivity contribution in [2.75, 3.05) is 5.73 Å². The second-order valence-corrected chi connectivity index (χ2v) is 5.37. The minimum Gasteiger partial charge on any atom is -0.486 e. The van der Waals surface area contributed by atoms with Gasteiger partial charge in [0, 0.05) is 15.6 Å². The van der Waals surface area contributed by atoms with Crippen LogP contribution in [0.5, 0.6) is 5.75 Å². The van der Waals surface area contributed by atoms with E-state index in [0.717, 1.165) is 15.6 Å². The summed E-state index contributed by atoms with van der Waals surface area (Å²) in [6.07, 6.45) is 0. The second kappa shape index (κ2) is 5.96. The van der Waals surface area contributed by atoms with Crippen LogP contribution in [0.25, 0.3) is 0 Å². The van der Waals surface area contributed by atoms with Gasteiger partial charge in [0.2, 0.25) is 5.91 Å². The average Bonchev–Trinajstić information content (AvgIpc) is 2.37. The number of carbonyl (C=O) groups is 1. The Morgan fingerprint density at radius 1 is 1.30 bits per heavy atom. The maximum absolute atomic E-state index is 11.3. The number of aryl methyl sites for hydroxylation is 1. The highest BCUT2D eigenvalue weighted by molar-refractivity contribution is 9.10. The molecule has 0 fully saturated rings. The van der Waals surface area contributed by atoms with Crippen molar-refractivity contribution >= 4 is 27.5 Å². The summed E-state index contributed by atoms with van der Waals surface area (Å²) in [5, 5.41) is 0. The van der Waals surface area contributed by atoms with E-state index in [1.54, 1.807) is 18.2 Å². The van der Waals surface area contributed by atoms with Crippen LogP contribution in [-0.4, -0.2) is 5.91 Å². The molecule has 4 nitrogen and oxygen atoms in total. The largest absolute Gasteiger partial charge is 0.486 e. The van der Waals surface area contributed by atoms with Gasteiger partial charge in [-0.1, -0.05) is 34.1 Å². The van der Waals surface area contributed by atoms with E-state index in [0.29, 0.717) is 17.0 Å². The van der Waals surface area contributed by atoms with Gasteiger partial charge >= 0.3 is 0 Å². The summed E-state index contributed by atoms with van der Waals surface area (Å²) < 4.78 is 6.65. The van der Waals surface area contributed by atoms with Gasteiger partial charge in [-0.05, 0) is 30.7 Å². The lowest BCUT2D eigenvalue weighted by Gasteiger charge is -2.13. The number of anilines is 1. The fourth-order valence-corrected chi connectivity index (χ4v) is 2.58. The van der Waals surface area contributed by atoms with Gasteiger partial charge in [-0.25, -0.2) is 0 Å². The number of amides is 1. The van der Waals surface area contributed by atoms with E-state index in [4.69, 9.17) is 16.2 Å². The summed E-state index contributed by atoms with van der Waals surface area (Å²) in [6, 6.07) is 10.8. The van der Waals surface area contributed by atoms with Crippen LogP contribution >= 0.6 is 15.9 Å². The number of ether oxygens (including phenoxy) is 1. The van der Waals surface area contributed by atoms with Crippen LogP contribution in [0, 0.1) is 6.92 Å². The fourth-order valence-electron chi connectivity index (χ4n) is 1.99. The Hall–Kier alpha value is -2.01. The molecule has 104 valence electrons. The lowest BCUT2D eigenvalue weighted by molar-refractivity contribution is 0.0998. The van der Waals surface area contributed by atoms with Gasteiger partial charge in [0.1, 0.15) is 12.4 Å². The van der Waals surface area contributed by atoms with Crippen LogP contribution in [0.1, 0.15) is 21.5 Å². The second-order valence-electron chi connectivity index (χ2n) is 4.45. The standard InChI is InChI=1S/C15H15BrN2O2/c1-9-6-11(16)7-13(17)14(9)20-8-10-4-2-3-5-12(10)15(18)19/h2-7H,8,17H2,1H3,(H2,18,19). The van der Waals surface area contributed by atoms with Crippen molar-refractivity contribution in [3.8, 4) is 5.75 Å². The number of halogens is 1. The third-order valence-corrected chi connectivity index (χ3v) is 3.38. The number of nitrogens with two attached hydrogens (primary N) is 2. The first-order valence-electron chi connectivity index (χ1n) is 6.05. The number of primary amides is 1. The van der Waals surface area contributed by atoms with Crippen molar-refractivity contribution in [3.05, 3.63) is 57.6 Å². The number of hydrogen-bond donors (Lipinski definition) is 2. The van der Waals surface area contributed by atoms with Crippen LogP contribution in [-0.2, 0) is 6.61 Å². The van der Waals surface area contributed by atoms with Crippen molar-refractivity contribution in [2.24, 2.45) is 5.73 Å². The molecule has 2 aromatic rings. The predicted molar refractivity (Wildman–Crippen MR) is 82.6 cm³/mol. The zero-order chi connectivity index (χ0) is 14.7. The van der Waals surface area contributed by atoms with Crippen molar-refractivity contribution in [1.29, 1.82) is 0 Å². The van der Waals surface area contributed by atoms with E-state index in [1.807, 2.05) is 25.1 Å². The average molecular weight is 335 g/mol. The number of rotatable bonds is 4. The highest BCUT2D eigenvalue weighted by atomic mass is 79.9. The molecule has 4 N–H and O–H groups in total. The van der Waals surface area contributed by atoms with Crippen molar-refractivity contribution < 1.29 is 9.53 Å². The first kappa shape index (κ1) is 14.4. The van der Waals surface area contributed by atoms with E-state index < -0.39 is 5.91 Å². The molecule has 5 heteroatoms. The highest BCUT2D eigenvalue weighted by Gasteiger charge is 2.10. The van der Waals surface area contributed by atoms with Crippen molar-refractivity contribution in [1.82, 2.24) is 0 Å². The van der Waals surface area contributed by atoms with Gasteiger partial charge in [0.05, 0.1) is 5.69 Å². The van der Waals surface area contributed by atoms with E-state index in [1.165, 1.54) is 0 Å². The number of carbonyl (C=O) groups excluding carboxylic acids is 1. The Labute approximate surface area is 125 Å². The minimum absolute atomic E-state index is 0.242. The van der Waals surface area contributed by atoms with Gasteiger partial charge in [0.25, 0.3) is 0 Å². The summed E-state index contributed by atoms with van der Waals surface area (Å²) in [4.78, 5) is 11.3. The molecule has 1 amide bonds. The summed E-state index contributed by atoms with van der Waals surface area (Å²) in [5.74, 6) is 0.150. The van der Waals surface area contributed by atoms with Gasteiger partial charge in [0.15, 0.2) is 0 Å². The zero-order valence-corrected chi connectivity index (χ0v) is 12.6. The molecule has 2 rings (SSSR count). The minimum atomic E-state index is -0.468. The Kier molecular flexibility index (Phi) is 4.29. The Morgan fingerprint density at radius 2 is 2.00 bits per heavy atom. The van der Waals surface area contributed by atoms with Crippen LogP contribution in [0.4, 0.5) is 5.69 Å². The van der Waals surface area contributed by atoms with Crippen molar-refractivity contribution in [2.45, 2.75) is 13.5 Å². The molecule has 0 radical (unpaired) electrons. The van der Waals surface area contributed by atoms with Crippen LogP contribution in [0.3, 0.4) is 0 Å². The molecule has 0 aliphatic heterocycles. The first-order valence-corrected chi connectivity index (χ1v) is 6.84. The number of nitrogen functional groups attached to an aromatic ring is 1. The maximum atomic E-state index is 11.3. The SMILES string of the molecule is Cc1cc(Br)cc(N)c1OCc1ccccc1C(N)=O. The Balaban J connectivity index is 2.24. The normalized spacial score (nSPS) is 10.3. The Morgan fingerprint density at radius 3 is 2.65 bits per heavy atom. The lowest BCUT2D eigenvalue weighted by atomic mass is 10.1. The molecule has 20 heavy (non-hydrogen) atoms. The molecular formula is C15H15BrN2O2. The molecule has 0 unspecified atom stereocenters. The maximum Gasteiger partial charge on any atom is 0.249 e. The first-order chi connectivity index (χ1) is 9.49. The molecule has 0 spiro atoms. The number of hydrogen-bond acceptors (Lipinski definition) is 3. The summed E-state index contributed by atoms with van der Waals surface area (Å²) in [5.41, 5.74) is 13.9. The molecule has 0 saturated carbocycles. The van der Waals surface area contributed by atoms with E-state index in [2.05, 4.69) is 15.9 Å². The molecule has 0 heterocycles. The third-order valence-electron chi connectivity index (χ3n) is 2.92. The van der Waals surface area contributed by atoms with Gasteiger partial charge in [-0.3, -0.25) is 4.79 Å². The molecule has 0 saturated heterocycles. The van der Waals surface area contributed by atoms with E-state index >= 15 is 0 Å². The summed E-state index contributed by atoms with van der Waals surface area (Å²) >= 11 is 3.38. The molecule has 0 aliphatic carbocycles. The molecule has 0 aromatic heterocycles. The molecular weight excluding hydrogens is 320 g/mol. The van der Waals surface area contributed by atoms with Gasteiger partial charge in [-0.2, -0.15) is 0 Å². The van der Waals surface area contributed by atoms with Gasteiger partial charge < -0.3 is 16.2 Å². The highest BCUT2D eigenvalue weighted by Crippen LogP contribution is 2.30. The smallest absolute Gasteiger partial charge is 0.249 e. The molecule has 0 atom stereocenters. The third kappa shape index (κ3) is 3.11. The van der Waals surface area contributed by atoms with Crippen LogP contribution in [0.2, 0.25) is 0 Å².